The van der Waals surface area contributed by atoms with Gasteiger partial charge in [-0.15, -0.1) is 0 Å². The first-order chi connectivity index (χ1) is 20.4. The molecular weight excluding hydrogens is 585 g/mol. The van der Waals surface area contributed by atoms with Crippen molar-refractivity contribution >= 4 is 32.1 Å². The quantitative estimate of drug-likeness (QED) is 0.217. The second-order valence-electron chi connectivity index (χ2n) is 12.0. The third-order valence-electron chi connectivity index (χ3n) is 8.74. The number of benzene rings is 1. The van der Waals surface area contributed by atoms with E-state index in [1.54, 1.807) is 0 Å². The van der Waals surface area contributed by atoms with Crippen molar-refractivity contribution in [3.05, 3.63) is 53.9 Å². The summed E-state index contributed by atoms with van der Waals surface area (Å²) in [6.07, 6.45) is 2.99. The third-order valence-corrected chi connectivity index (χ3v) is 10.0. The van der Waals surface area contributed by atoms with Crippen molar-refractivity contribution < 1.29 is 31.8 Å². The van der Waals surface area contributed by atoms with Crippen LogP contribution >= 0.6 is 0 Å². The van der Waals surface area contributed by atoms with E-state index >= 15 is 0 Å². The molecule has 0 bridgehead atoms. The maximum absolute atomic E-state index is 13.0. The van der Waals surface area contributed by atoms with E-state index in [2.05, 4.69) is 19.9 Å². The highest BCUT2D eigenvalue weighted by atomic mass is 32.2. The Morgan fingerprint density at radius 3 is 2.63 bits per heavy atom. The van der Waals surface area contributed by atoms with E-state index in [1.807, 2.05) is 16.8 Å². The number of aryl methyl sites for hydroxylation is 1. The van der Waals surface area contributed by atoms with Crippen LogP contribution in [0.15, 0.2) is 36.8 Å². The number of unbranched alkanes of at least 4 members (excludes halogenated alkanes) is 1. The lowest BCUT2D eigenvalue weighted by atomic mass is 10.1. The SMILES string of the molecule is CS(=O)(=O)N(CCCCc1nc2cc(C(F)(F)F)ccc2[nH]1)C[C@H]1C[C@@H](n2ccc3c(CC4CC4)ncnc32)[C@H](O)[C@@H]1O. The molecule has 43 heavy (non-hydrogen) atoms. The molecule has 3 N–H and O–H groups in total. The second-order valence-corrected chi connectivity index (χ2v) is 13.9. The van der Waals surface area contributed by atoms with Crippen LogP contribution < -0.4 is 0 Å². The van der Waals surface area contributed by atoms with Crippen LogP contribution in [0.4, 0.5) is 13.2 Å². The standard InChI is InChI=1S/C29H35F3N6O4S/c1-43(41,42)37(10-3-2-4-25-35-21-8-7-19(29(30,31)32)14-23(21)36-25)15-18-13-24(27(40)26(18)39)38-11-9-20-22(12-17-5-6-17)33-16-34-28(20)38/h7-9,11,14,16-18,24,26-27,39-40H,2-6,10,12-13,15H2,1H3,(H,35,36)/t18-,24-,26-,27+/m1/s1. The Balaban J connectivity index is 1.09. The lowest BCUT2D eigenvalue weighted by Gasteiger charge is -2.25. The van der Waals surface area contributed by atoms with Crippen LogP contribution in [0.5, 0.6) is 0 Å². The van der Waals surface area contributed by atoms with E-state index in [0.717, 1.165) is 35.9 Å². The predicted octanol–water partition coefficient (Wildman–Crippen LogP) is 3.85. The fourth-order valence-corrected chi connectivity index (χ4v) is 7.12. The number of aromatic nitrogens is 5. The van der Waals surface area contributed by atoms with Crippen molar-refractivity contribution in [2.24, 2.45) is 11.8 Å². The smallest absolute Gasteiger partial charge is 0.390 e. The zero-order chi connectivity index (χ0) is 30.5. The molecule has 232 valence electrons. The summed E-state index contributed by atoms with van der Waals surface area (Å²) in [5, 5.41) is 22.9. The summed E-state index contributed by atoms with van der Waals surface area (Å²) in [6.45, 7) is 0.255. The van der Waals surface area contributed by atoms with E-state index in [1.165, 1.54) is 29.5 Å². The number of halogens is 3. The Kier molecular flexibility index (Phi) is 7.98. The van der Waals surface area contributed by atoms with Crippen LogP contribution in [0.3, 0.4) is 0 Å². The highest BCUT2D eigenvalue weighted by Crippen LogP contribution is 2.39. The molecule has 3 heterocycles. The number of sulfonamides is 1. The maximum atomic E-state index is 13.0. The molecule has 2 saturated carbocycles. The minimum Gasteiger partial charge on any atom is -0.390 e. The van der Waals surface area contributed by atoms with Crippen molar-refractivity contribution in [1.29, 1.82) is 0 Å². The van der Waals surface area contributed by atoms with Gasteiger partial charge in [-0.25, -0.2) is 27.7 Å². The monoisotopic (exact) mass is 620 g/mol. The molecule has 0 saturated heterocycles. The fraction of sp³-hybridized carbons (Fsp3) is 0.552. The number of aromatic amines is 1. The van der Waals surface area contributed by atoms with Crippen LogP contribution in [-0.4, -0.2) is 79.0 Å². The molecule has 10 nitrogen and oxygen atoms in total. The summed E-state index contributed by atoms with van der Waals surface area (Å²) in [4.78, 5) is 16.2. The van der Waals surface area contributed by atoms with Gasteiger partial charge >= 0.3 is 6.18 Å². The number of nitrogens with one attached hydrogen (secondary N) is 1. The maximum Gasteiger partial charge on any atom is 0.416 e. The fourth-order valence-electron chi connectivity index (χ4n) is 6.19. The lowest BCUT2D eigenvalue weighted by Crippen LogP contribution is -2.39. The van der Waals surface area contributed by atoms with Crippen LogP contribution in [0.1, 0.15) is 55.2 Å². The largest absolute Gasteiger partial charge is 0.416 e. The first-order valence-electron chi connectivity index (χ1n) is 14.6. The summed E-state index contributed by atoms with van der Waals surface area (Å²) in [5.41, 5.74) is 1.65. The van der Waals surface area contributed by atoms with Gasteiger partial charge in [-0.05, 0) is 68.7 Å². The molecule has 2 fully saturated rings. The number of hydrogen-bond acceptors (Lipinski definition) is 7. The van der Waals surface area contributed by atoms with E-state index in [-0.39, 0.29) is 18.6 Å². The molecule has 0 aliphatic heterocycles. The van der Waals surface area contributed by atoms with Gasteiger partial charge in [-0.1, -0.05) is 0 Å². The first-order valence-corrected chi connectivity index (χ1v) is 16.4. The molecule has 0 radical (unpaired) electrons. The number of fused-ring (bicyclic) bond motifs is 2. The van der Waals surface area contributed by atoms with Crippen molar-refractivity contribution in [1.82, 2.24) is 28.8 Å². The van der Waals surface area contributed by atoms with E-state index < -0.39 is 45.9 Å². The van der Waals surface area contributed by atoms with Gasteiger partial charge in [0.15, 0.2) is 0 Å². The van der Waals surface area contributed by atoms with E-state index in [4.69, 9.17) is 0 Å². The topological polar surface area (TPSA) is 137 Å². The van der Waals surface area contributed by atoms with Gasteiger partial charge < -0.3 is 19.8 Å². The Bertz CT molecular complexity index is 1720. The molecule has 14 heteroatoms. The minimum absolute atomic E-state index is 0.0551. The highest BCUT2D eigenvalue weighted by Gasteiger charge is 2.44. The molecule has 0 unspecified atom stereocenters. The average molecular weight is 621 g/mol. The number of aliphatic hydroxyl groups is 2. The van der Waals surface area contributed by atoms with E-state index in [9.17, 15) is 31.8 Å². The predicted molar refractivity (Wildman–Crippen MR) is 154 cm³/mol. The molecule has 2 aliphatic rings. The Morgan fingerprint density at radius 2 is 1.91 bits per heavy atom. The first kappa shape index (κ1) is 30.0. The molecule has 0 spiro atoms. The summed E-state index contributed by atoms with van der Waals surface area (Å²) in [6, 6.07) is 4.84. The lowest BCUT2D eigenvalue weighted by molar-refractivity contribution is -0.137. The van der Waals surface area contributed by atoms with Crippen LogP contribution in [0.2, 0.25) is 0 Å². The highest BCUT2D eigenvalue weighted by molar-refractivity contribution is 7.88. The van der Waals surface area contributed by atoms with Gasteiger partial charge in [0, 0.05) is 37.0 Å². The molecule has 1 aromatic carbocycles. The molecule has 4 aromatic rings. The van der Waals surface area contributed by atoms with Crippen LogP contribution in [0, 0.1) is 11.8 Å². The summed E-state index contributed by atoms with van der Waals surface area (Å²) in [5.74, 6) is 0.690. The minimum atomic E-state index is -4.45. The molecule has 4 atom stereocenters. The Hall–Kier alpha value is -3.07. The van der Waals surface area contributed by atoms with E-state index in [0.29, 0.717) is 48.6 Å². The molecule has 0 amide bonds. The van der Waals surface area contributed by atoms with Gasteiger partial charge in [0.2, 0.25) is 10.0 Å². The summed E-state index contributed by atoms with van der Waals surface area (Å²) >= 11 is 0. The summed E-state index contributed by atoms with van der Waals surface area (Å²) in [7, 11) is -3.61. The zero-order valence-corrected chi connectivity index (χ0v) is 24.5. The molecule has 6 rings (SSSR count). The number of aliphatic hydroxyl groups excluding tert-OH is 2. The number of imidazole rings is 1. The van der Waals surface area contributed by atoms with Gasteiger partial charge in [0.25, 0.3) is 0 Å². The molecule has 3 aromatic heterocycles. The number of alkyl halides is 3. The van der Waals surface area contributed by atoms with Crippen LogP contribution in [-0.2, 0) is 29.0 Å². The van der Waals surface area contributed by atoms with Gasteiger partial charge in [-0.2, -0.15) is 13.2 Å². The zero-order valence-electron chi connectivity index (χ0n) is 23.7. The van der Waals surface area contributed by atoms with Crippen molar-refractivity contribution in [2.75, 3.05) is 19.3 Å². The van der Waals surface area contributed by atoms with Gasteiger partial charge in [-0.3, -0.25) is 0 Å². The van der Waals surface area contributed by atoms with Crippen molar-refractivity contribution in [3.8, 4) is 0 Å². The second kappa shape index (κ2) is 11.5. The Morgan fingerprint density at radius 1 is 1.12 bits per heavy atom. The van der Waals surface area contributed by atoms with Gasteiger partial charge in [0.1, 0.15) is 23.9 Å². The Labute approximate surface area is 247 Å². The normalized spacial score (nSPS) is 23.2. The van der Waals surface area contributed by atoms with Crippen molar-refractivity contribution in [3.63, 3.8) is 0 Å². The molecular formula is C29H35F3N6O4S. The summed E-state index contributed by atoms with van der Waals surface area (Å²) < 4.78 is 67.6. The van der Waals surface area contributed by atoms with Crippen LogP contribution in [0.25, 0.3) is 22.1 Å². The number of hydrogen-bond donors (Lipinski definition) is 3. The van der Waals surface area contributed by atoms with Crippen molar-refractivity contribution in [2.45, 2.75) is 69.4 Å². The average Bonchev–Trinajstić information content (AvgIpc) is 3.39. The number of rotatable bonds is 11. The number of nitrogens with zero attached hydrogens (tertiary/aromatic N) is 5. The number of H-pyrrole nitrogens is 1. The third kappa shape index (κ3) is 6.42. The van der Waals surface area contributed by atoms with Gasteiger partial charge in [0.05, 0.1) is 40.7 Å². The molecule has 2 aliphatic carbocycles.